The minimum atomic E-state index is -0.491. The first-order valence-corrected chi connectivity index (χ1v) is 7.82. The van der Waals surface area contributed by atoms with E-state index in [0.29, 0.717) is 30.5 Å². The molecule has 6 heteroatoms. The van der Waals surface area contributed by atoms with Crippen LogP contribution in [0.15, 0.2) is 4.52 Å². The SMILES string of the molecule is CCOC(=O)C(C)c1nc(C2CC3CCC(C2)N3C)no1. The fourth-order valence-electron chi connectivity index (χ4n) is 3.58. The van der Waals surface area contributed by atoms with Gasteiger partial charge in [0.15, 0.2) is 5.82 Å². The molecule has 3 rings (SSSR count). The Kier molecular flexibility index (Phi) is 3.97. The van der Waals surface area contributed by atoms with Gasteiger partial charge in [-0.2, -0.15) is 4.98 Å². The molecule has 0 N–H and O–H groups in total. The number of carbonyl (C=O) groups is 1. The minimum absolute atomic E-state index is 0.309. The molecular formula is C15H23N3O3. The van der Waals surface area contributed by atoms with E-state index < -0.39 is 5.92 Å². The number of piperidine rings is 1. The lowest BCUT2D eigenvalue weighted by Gasteiger charge is -2.34. The smallest absolute Gasteiger partial charge is 0.318 e. The summed E-state index contributed by atoms with van der Waals surface area (Å²) in [5.41, 5.74) is 0. The second kappa shape index (κ2) is 5.75. The van der Waals surface area contributed by atoms with E-state index in [1.165, 1.54) is 12.8 Å². The Balaban J connectivity index is 1.69. The van der Waals surface area contributed by atoms with Crippen LogP contribution in [-0.2, 0) is 9.53 Å². The molecule has 0 spiro atoms. The Hall–Kier alpha value is -1.43. The van der Waals surface area contributed by atoms with Gasteiger partial charge in [0.2, 0.25) is 5.89 Å². The van der Waals surface area contributed by atoms with Gasteiger partial charge in [-0.3, -0.25) is 4.79 Å². The largest absolute Gasteiger partial charge is 0.465 e. The highest BCUT2D eigenvalue weighted by molar-refractivity contribution is 5.76. The molecule has 6 nitrogen and oxygen atoms in total. The molecule has 3 atom stereocenters. The predicted octanol–water partition coefficient (Wildman–Crippen LogP) is 2.08. The molecule has 2 aliphatic rings. The first-order chi connectivity index (χ1) is 10.1. The summed E-state index contributed by atoms with van der Waals surface area (Å²) in [7, 11) is 2.21. The lowest BCUT2D eigenvalue weighted by Crippen LogP contribution is -2.39. The molecule has 2 aliphatic heterocycles. The van der Waals surface area contributed by atoms with E-state index in [-0.39, 0.29) is 5.97 Å². The van der Waals surface area contributed by atoms with Crippen molar-refractivity contribution in [2.24, 2.45) is 0 Å². The molecule has 1 aromatic rings. The van der Waals surface area contributed by atoms with Gasteiger partial charge in [0.05, 0.1) is 6.61 Å². The average Bonchev–Trinajstić information content (AvgIpc) is 3.01. The first kappa shape index (κ1) is 14.5. The van der Waals surface area contributed by atoms with Crippen molar-refractivity contribution in [1.82, 2.24) is 15.0 Å². The third-order valence-electron chi connectivity index (χ3n) is 4.93. The normalized spacial score (nSPS) is 30.3. The number of aromatic nitrogens is 2. The number of hydrogen-bond donors (Lipinski definition) is 0. The topological polar surface area (TPSA) is 68.5 Å². The number of carbonyl (C=O) groups excluding carboxylic acids is 1. The quantitative estimate of drug-likeness (QED) is 0.792. The molecule has 0 amide bonds. The van der Waals surface area contributed by atoms with Gasteiger partial charge in [0.25, 0.3) is 0 Å². The number of nitrogens with zero attached hydrogens (tertiary/aromatic N) is 3. The molecular weight excluding hydrogens is 270 g/mol. The summed E-state index contributed by atoms with van der Waals surface area (Å²) >= 11 is 0. The molecule has 0 radical (unpaired) electrons. The molecule has 1 aromatic heterocycles. The number of fused-ring (bicyclic) bond motifs is 2. The van der Waals surface area contributed by atoms with Gasteiger partial charge in [-0.1, -0.05) is 5.16 Å². The maximum atomic E-state index is 11.7. The third kappa shape index (κ3) is 2.69. The summed E-state index contributed by atoms with van der Waals surface area (Å²) < 4.78 is 10.3. The molecule has 2 fully saturated rings. The lowest BCUT2D eigenvalue weighted by molar-refractivity contribution is -0.145. The third-order valence-corrected chi connectivity index (χ3v) is 4.93. The Morgan fingerprint density at radius 2 is 2.10 bits per heavy atom. The standard InChI is InChI=1S/C15H23N3O3/c1-4-20-15(19)9(2)14-16-13(17-21-14)10-7-11-5-6-12(8-10)18(11)3/h9-12H,4-8H2,1-3H3. The molecule has 2 bridgehead atoms. The molecule has 0 aliphatic carbocycles. The number of rotatable bonds is 4. The summed E-state index contributed by atoms with van der Waals surface area (Å²) in [6.07, 6.45) is 4.70. The van der Waals surface area contributed by atoms with Gasteiger partial charge < -0.3 is 14.2 Å². The van der Waals surface area contributed by atoms with Crippen molar-refractivity contribution in [1.29, 1.82) is 0 Å². The van der Waals surface area contributed by atoms with Crippen LogP contribution >= 0.6 is 0 Å². The van der Waals surface area contributed by atoms with Gasteiger partial charge in [-0.25, -0.2) is 0 Å². The van der Waals surface area contributed by atoms with Gasteiger partial charge in [0.1, 0.15) is 5.92 Å². The maximum absolute atomic E-state index is 11.7. The van der Waals surface area contributed by atoms with Crippen LogP contribution in [0.3, 0.4) is 0 Å². The van der Waals surface area contributed by atoms with E-state index in [1.807, 2.05) is 0 Å². The summed E-state index contributed by atoms with van der Waals surface area (Å²) in [6.45, 7) is 3.90. The van der Waals surface area contributed by atoms with E-state index in [2.05, 4.69) is 22.1 Å². The second-order valence-electron chi connectivity index (χ2n) is 6.18. The monoisotopic (exact) mass is 293 g/mol. The van der Waals surface area contributed by atoms with Gasteiger partial charge in [0, 0.05) is 18.0 Å². The zero-order valence-corrected chi connectivity index (χ0v) is 12.9. The van der Waals surface area contributed by atoms with Crippen molar-refractivity contribution in [2.45, 2.75) is 63.5 Å². The fourth-order valence-corrected chi connectivity index (χ4v) is 3.58. The average molecular weight is 293 g/mol. The molecule has 0 aromatic carbocycles. The van der Waals surface area contributed by atoms with Gasteiger partial charge >= 0.3 is 5.97 Å². The van der Waals surface area contributed by atoms with Crippen LogP contribution in [0, 0.1) is 0 Å². The van der Waals surface area contributed by atoms with Crippen molar-refractivity contribution in [3.8, 4) is 0 Å². The summed E-state index contributed by atoms with van der Waals surface area (Å²) in [4.78, 5) is 18.7. The summed E-state index contributed by atoms with van der Waals surface area (Å²) in [6, 6.07) is 1.27. The van der Waals surface area contributed by atoms with Crippen molar-refractivity contribution in [3.05, 3.63) is 11.7 Å². The maximum Gasteiger partial charge on any atom is 0.318 e. The van der Waals surface area contributed by atoms with Crippen molar-refractivity contribution in [3.63, 3.8) is 0 Å². The molecule has 3 heterocycles. The molecule has 116 valence electrons. The van der Waals surface area contributed by atoms with Crippen molar-refractivity contribution < 1.29 is 14.1 Å². The highest BCUT2D eigenvalue weighted by Gasteiger charge is 2.40. The van der Waals surface area contributed by atoms with Crippen LogP contribution in [0.25, 0.3) is 0 Å². The van der Waals surface area contributed by atoms with Gasteiger partial charge in [-0.15, -0.1) is 0 Å². The van der Waals surface area contributed by atoms with Crippen LogP contribution < -0.4 is 0 Å². The molecule has 2 saturated heterocycles. The number of esters is 1. The lowest BCUT2D eigenvalue weighted by atomic mass is 9.90. The van der Waals surface area contributed by atoms with Crippen LogP contribution in [0.2, 0.25) is 0 Å². The van der Waals surface area contributed by atoms with Crippen LogP contribution in [-0.4, -0.2) is 46.7 Å². The van der Waals surface area contributed by atoms with Crippen LogP contribution in [0.4, 0.5) is 0 Å². The van der Waals surface area contributed by atoms with E-state index in [0.717, 1.165) is 18.7 Å². The van der Waals surface area contributed by atoms with E-state index >= 15 is 0 Å². The Labute approximate surface area is 124 Å². The Morgan fingerprint density at radius 1 is 1.43 bits per heavy atom. The second-order valence-corrected chi connectivity index (χ2v) is 6.18. The van der Waals surface area contributed by atoms with Gasteiger partial charge in [-0.05, 0) is 46.6 Å². The minimum Gasteiger partial charge on any atom is -0.465 e. The van der Waals surface area contributed by atoms with Crippen molar-refractivity contribution >= 4 is 5.97 Å². The Morgan fingerprint density at radius 3 is 2.71 bits per heavy atom. The fraction of sp³-hybridized carbons (Fsp3) is 0.800. The molecule has 0 saturated carbocycles. The van der Waals surface area contributed by atoms with E-state index in [1.54, 1.807) is 13.8 Å². The van der Waals surface area contributed by atoms with E-state index in [4.69, 9.17) is 9.26 Å². The summed E-state index contributed by atoms with van der Waals surface area (Å²) in [5, 5.41) is 4.11. The number of hydrogen-bond acceptors (Lipinski definition) is 6. The highest BCUT2D eigenvalue weighted by atomic mass is 16.5. The highest BCUT2D eigenvalue weighted by Crippen LogP contribution is 2.41. The zero-order chi connectivity index (χ0) is 15.0. The van der Waals surface area contributed by atoms with E-state index in [9.17, 15) is 4.79 Å². The first-order valence-electron chi connectivity index (χ1n) is 7.82. The van der Waals surface area contributed by atoms with Crippen LogP contribution in [0.1, 0.15) is 63.1 Å². The predicted molar refractivity (Wildman–Crippen MR) is 75.9 cm³/mol. The zero-order valence-electron chi connectivity index (χ0n) is 12.9. The summed E-state index contributed by atoms with van der Waals surface area (Å²) in [5.74, 6) is 0.678. The van der Waals surface area contributed by atoms with Crippen LogP contribution in [0.5, 0.6) is 0 Å². The van der Waals surface area contributed by atoms with Crippen molar-refractivity contribution in [2.75, 3.05) is 13.7 Å². The molecule has 3 unspecified atom stereocenters. The number of ether oxygens (including phenoxy) is 1. The Bertz CT molecular complexity index is 502. The molecule has 21 heavy (non-hydrogen) atoms.